The molecule has 1 aliphatic rings. The van der Waals surface area contributed by atoms with Crippen LogP contribution >= 0.6 is 0 Å². The Kier molecular flexibility index (Phi) is 4.76. The Balaban J connectivity index is 1.91. The molecule has 2 N–H and O–H groups in total. The van der Waals surface area contributed by atoms with Gasteiger partial charge in [0, 0.05) is 13.1 Å². The molecule has 0 amide bonds. The average Bonchev–Trinajstić information content (AvgIpc) is 2.75. The minimum Gasteiger partial charge on any atom is -0.407 e. The van der Waals surface area contributed by atoms with Crippen molar-refractivity contribution >= 4 is 6.01 Å². The molecule has 1 unspecified atom stereocenters. The van der Waals surface area contributed by atoms with Crippen molar-refractivity contribution in [2.45, 2.75) is 51.7 Å². The summed E-state index contributed by atoms with van der Waals surface area (Å²) in [6.07, 6.45) is 3.59. The van der Waals surface area contributed by atoms with Gasteiger partial charge in [-0.15, -0.1) is 5.10 Å². The van der Waals surface area contributed by atoms with Gasteiger partial charge in [-0.2, -0.15) is 0 Å². The van der Waals surface area contributed by atoms with Crippen molar-refractivity contribution in [3.63, 3.8) is 0 Å². The maximum Gasteiger partial charge on any atom is 0.318 e. The molecule has 1 fully saturated rings. The molecule has 0 radical (unpaired) electrons. The number of rotatable bonds is 5. The van der Waals surface area contributed by atoms with Crippen LogP contribution in [0.15, 0.2) is 4.42 Å². The molecular weight excluding hydrogens is 244 g/mol. The van der Waals surface area contributed by atoms with Gasteiger partial charge in [-0.3, -0.25) is 0 Å². The van der Waals surface area contributed by atoms with Crippen LogP contribution in [0.1, 0.15) is 45.4 Å². The van der Waals surface area contributed by atoms with Crippen LogP contribution in [0.4, 0.5) is 6.01 Å². The van der Waals surface area contributed by atoms with E-state index in [0.717, 1.165) is 45.3 Å². The zero-order valence-corrected chi connectivity index (χ0v) is 11.9. The lowest BCUT2D eigenvalue weighted by atomic mass is 9.98. The normalized spacial score (nSPS) is 24.5. The van der Waals surface area contributed by atoms with Crippen LogP contribution in [0.3, 0.4) is 0 Å². The molecule has 0 aromatic carbocycles. The van der Waals surface area contributed by atoms with E-state index < -0.39 is 5.60 Å². The zero-order chi connectivity index (χ0) is 13.7. The van der Waals surface area contributed by atoms with Gasteiger partial charge in [0.1, 0.15) is 0 Å². The Morgan fingerprint density at radius 1 is 1.37 bits per heavy atom. The number of hydrogen-bond donors (Lipinski definition) is 2. The first-order valence-electron chi connectivity index (χ1n) is 7.11. The van der Waals surface area contributed by atoms with Gasteiger partial charge in [0.2, 0.25) is 5.89 Å². The van der Waals surface area contributed by atoms with Crippen molar-refractivity contribution < 1.29 is 9.52 Å². The van der Waals surface area contributed by atoms with E-state index in [-0.39, 0.29) is 0 Å². The molecule has 1 aromatic rings. The largest absolute Gasteiger partial charge is 0.407 e. The molecular formula is C13H24N4O2. The number of hydrogen-bond acceptors (Lipinski definition) is 6. The zero-order valence-electron chi connectivity index (χ0n) is 11.9. The highest BCUT2D eigenvalue weighted by Gasteiger charge is 2.26. The highest BCUT2D eigenvalue weighted by atomic mass is 16.4. The number of aromatic nitrogens is 2. The topological polar surface area (TPSA) is 74.4 Å². The van der Waals surface area contributed by atoms with Gasteiger partial charge in [0.25, 0.3) is 0 Å². The molecule has 2 rings (SSSR count). The summed E-state index contributed by atoms with van der Waals surface area (Å²) in [6.45, 7) is 7.20. The summed E-state index contributed by atoms with van der Waals surface area (Å²) < 4.78 is 5.65. The second-order valence-corrected chi connectivity index (χ2v) is 5.49. The fraction of sp³-hybridized carbons (Fsp3) is 0.846. The van der Waals surface area contributed by atoms with Gasteiger partial charge < -0.3 is 19.7 Å². The molecule has 1 aromatic heterocycles. The summed E-state index contributed by atoms with van der Waals surface area (Å²) in [5, 5.41) is 21.4. The van der Waals surface area contributed by atoms with Gasteiger partial charge in [0.05, 0.1) is 12.1 Å². The van der Waals surface area contributed by atoms with Crippen molar-refractivity contribution in [3.8, 4) is 0 Å². The summed E-state index contributed by atoms with van der Waals surface area (Å²) in [4.78, 5) is 2.07. The van der Waals surface area contributed by atoms with E-state index in [4.69, 9.17) is 4.42 Å². The van der Waals surface area contributed by atoms with E-state index in [1.54, 1.807) is 0 Å². The summed E-state index contributed by atoms with van der Waals surface area (Å²) in [6, 6.07) is 0.575. The number of aliphatic hydroxyl groups is 1. The Bertz CT molecular complexity index is 392. The van der Waals surface area contributed by atoms with Crippen LogP contribution in [-0.4, -0.2) is 40.5 Å². The second-order valence-electron chi connectivity index (χ2n) is 5.49. The van der Waals surface area contributed by atoms with Crippen molar-refractivity contribution in [2.75, 3.05) is 24.5 Å². The summed E-state index contributed by atoms with van der Waals surface area (Å²) in [5.74, 6) is 0.624. The van der Waals surface area contributed by atoms with Gasteiger partial charge in [0.15, 0.2) is 0 Å². The molecule has 0 aliphatic carbocycles. The molecule has 0 spiro atoms. The first-order chi connectivity index (χ1) is 9.11. The fourth-order valence-corrected chi connectivity index (χ4v) is 2.27. The predicted octanol–water partition coefficient (Wildman–Crippen LogP) is 1.31. The van der Waals surface area contributed by atoms with E-state index in [2.05, 4.69) is 27.3 Å². The number of anilines is 1. The van der Waals surface area contributed by atoms with E-state index >= 15 is 0 Å². The van der Waals surface area contributed by atoms with Crippen molar-refractivity contribution in [1.82, 2.24) is 15.5 Å². The van der Waals surface area contributed by atoms with Gasteiger partial charge in [-0.1, -0.05) is 12.0 Å². The predicted molar refractivity (Wildman–Crippen MR) is 73.0 cm³/mol. The first kappa shape index (κ1) is 14.3. The highest BCUT2D eigenvalue weighted by Crippen LogP contribution is 2.24. The Morgan fingerprint density at radius 2 is 2.21 bits per heavy atom. The summed E-state index contributed by atoms with van der Waals surface area (Å²) in [7, 11) is 0. The van der Waals surface area contributed by atoms with Crippen LogP contribution in [0, 0.1) is 0 Å². The molecule has 1 saturated heterocycles. The lowest BCUT2D eigenvalue weighted by Crippen LogP contribution is -2.28. The molecule has 6 heteroatoms. The molecule has 19 heavy (non-hydrogen) atoms. The molecule has 6 nitrogen and oxygen atoms in total. The number of nitrogens with one attached hydrogen (secondary N) is 1. The van der Waals surface area contributed by atoms with E-state index in [0.29, 0.717) is 18.5 Å². The Hall–Kier alpha value is -1.14. The minimum absolute atomic E-state index is 0.569. The number of nitrogens with zero attached hydrogens (tertiary/aromatic N) is 3. The summed E-state index contributed by atoms with van der Waals surface area (Å²) in [5.41, 5.74) is -0.569. The standard InChI is InChI=1S/C13H24N4O2/c1-3-7-14-10-11-15-16-12(19-11)17-8-4-5-13(2,18)6-9-17/h14,18H,3-10H2,1-2H3. The van der Waals surface area contributed by atoms with Crippen LogP contribution in [0.5, 0.6) is 0 Å². The molecule has 108 valence electrons. The smallest absolute Gasteiger partial charge is 0.318 e. The molecule has 2 heterocycles. The Morgan fingerprint density at radius 3 is 3.00 bits per heavy atom. The monoisotopic (exact) mass is 268 g/mol. The molecule has 0 saturated carbocycles. The quantitative estimate of drug-likeness (QED) is 0.784. The molecule has 1 aliphatic heterocycles. The van der Waals surface area contributed by atoms with Crippen LogP contribution in [0.2, 0.25) is 0 Å². The maximum atomic E-state index is 10.1. The fourth-order valence-electron chi connectivity index (χ4n) is 2.27. The second kappa shape index (κ2) is 6.34. The van der Waals surface area contributed by atoms with Gasteiger partial charge in [-0.05, 0) is 39.2 Å². The lowest BCUT2D eigenvalue weighted by Gasteiger charge is -2.21. The highest BCUT2D eigenvalue weighted by molar-refractivity contribution is 5.24. The van der Waals surface area contributed by atoms with E-state index in [1.165, 1.54) is 0 Å². The minimum atomic E-state index is -0.569. The average molecular weight is 268 g/mol. The van der Waals surface area contributed by atoms with Crippen molar-refractivity contribution in [1.29, 1.82) is 0 Å². The van der Waals surface area contributed by atoms with Crippen molar-refractivity contribution in [2.24, 2.45) is 0 Å². The van der Waals surface area contributed by atoms with Gasteiger partial charge >= 0.3 is 6.01 Å². The van der Waals surface area contributed by atoms with E-state index in [9.17, 15) is 5.11 Å². The molecule has 1 atom stereocenters. The third kappa shape index (κ3) is 4.18. The lowest BCUT2D eigenvalue weighted by molar-refractivity contribution is 0.0481. The maximum absolute atomic E-state index is 10.1. The first-order valence-corrected chi connectivity index (χ1v) is 7.11. The van der Waals surface area contributed by atoms with Crippen LogP contribution < -0.4 is 10.2 Å². The SMILES string of the molecule is CCCNCc1nnc(N2CCCC(C)(O)CC2)o1. The van der Waals surface area contributed by atoms with Crippen LogP contribution in [-0.2, 0) is 6.54 Å². The Labute approximate surface area is 114 Å². The molecule has 0 bridgehead atoms. The van der Waals surface area contributed by atoms with Crippen LogP contribution in [0.25, 0.3) is 0 Å². The third-order valence-corrected chi connectivity index (χ3v) is 3.49. The third-order valence-electron chi connectivity index (χ3n) is 3.49. The van der Waals surface area contributed by atoms with Gasteiger partial charge in [-0.25, -0.2) is 0 Å². The van der Waals surface area contributed by atoms with Crippen molar-refractivity contribution in [3.05, 3.63) is 5.89 Å². The van der Waals surface area contributed by atoms with E-state index in [1.807, 2.05) is 6.92 Å². The summed E-state index contributed by atoms with van der Waals surface area (Å²) >= 11 is 0.